The van der Waals surface area contributed by atoms with Crippen LogP contribution in [0.15, 0.2) is 41.1 Å². The molecule has 1 amide bonds. The Morgan fingerprint density at radius 1 is 1.03 bits per heavy atom. The summed E-state index contributed by atoms with van der Waals surface area (Å²) in [5.41, 5.74) is 0. The Hall–Kier alpha value is -2.04. The van der Waals surface area contributed by atoms with E-state index >= 15 is 0 Å². The van der Waals surface area contributed by atoms with Crippen molar-refractivity contribution in [1.82, 2.24) is 10.6 Å². The molecule has 0 fully saturated rings. The highest BCUT2D eigenvalue weighted by Crippen LogP contribution is 2.17. The van der Waals surface area contributed by atoms with Crippen molar-refractivity contribution in [3.05, 3.63) is 41.1 Å². The molecule has 1 aromatic heterocycles. The van der Waals surface area contributed by atoms with E-state index in [1.54, 1.807) is 35.6 Å². The topological polar surface area (TPSA) is 109 Å². The molecule has 168 valence electrons. The number of hydrogen-bond donors (Lipinski definition) is 4. The normalized spacial score (nSPS) is 11.3. The summed E-state index contributed by atoms with van der Waals surface area (Å²) in [5, 5.41) is 28.1. The van der Waals surface area contributed by atoms with E-state index < -0.39 is 6.10 Å². The second-order valence-corrected chi connectivity index (χ2v) is 6.94. The van der Waals surface area contributed by atoms with Crippen LogP contribution in [0, 0.1) is 0 Å². The minimum atomic E-state index is -0.591. The molecule has 2 rings (SSSR count). The number of aliphatic hydroxyl groups excluding tert-OH is 2. The summed E-state index contributed by atoms with van der Waals surface area (Å²) >= 11 is 1.55. The van der Waals surface area contributed by atoms with Crippen LogP contribution in [0.5, 0.6) is 17.2 Å². The molecule has 8 nitrogen and oxygen atoms in total. The Kier molecular flexibility index (Phi) is 13.7. The average molecular weight is 461 g/mol. The lowest BCUT2D eigenvalue weighted by Crippen LogP contribution is -2.33. The highest BCUT2D eigenvalue weighted by atomic mass is 35.5. The molecule has 0 saturated carbocycles. The maximum Gasteiger partial charge on any atom is 0.257 e. The summed E-state index contributed by atoms with van der Waals surface area (Å²) in [6.07, 6.45) is -0.0683. The lowest BCUT2D eigenvalue weighted by atomic mass is 10.3. The second-order valence-electron chi connectivity index (χ2n) is 6.16. The molecule has 2 aromatic rings. The van der Waals surface area contributed by atoms with E-state index in [1.807, 2.05) is 16.8 Å². The van der Waals surface area contributed by atoms with Gasteiger partial charge in [0.05, 0.1) is 0 Å². The molecular weight excluding hydrogens is 432 g/mol. The fourth-order valence-corrected chi connectivity index (χ4v) is 2.81. The molecule has 0 bridgehead atoms. The third-order valence-electron chi connectivity index (χ3n) is 3.72. The van der Waals surface area contributed by atoms with Gasteiger partial charge in [-0.25, -0.2) is 0 Å². The van der Waals surface area contributed by atoms with Crippen LogP contribution in [0.3, 0.4) is 0 Å². The molecule has 0 aliphatic rings. The number of amides is 1. The Morgan fingerprint density at radius 3 is 2.43 bits per heavy atom. The van der Waals surface area contributed by atoms with Crippen molar-refractivity contribution >= 4 is 29.7 Å². The number of carbonyl (C=O) groups excluding carboxylic acids is 1. The first kappa shape index (κ1) is 26.0. The van der Waals surface area contributed by atoms with Crippen molar-refractivity contribution in [1.29, 1.82) is 0 Å². The SMILES string of the molecule is Cl.O=C(COc1ccc(OCCNCC(O)COc2ccsc2)cc1)NCCCO. The van der Waals surface area contributed by atoms with Gasteiger partial charge in [0.2, 0.25) is 0 Å². The van der Waals surface area contributed by atoms with E-state index in [0.717, 1.165) is 5.75 Å². The van der Waals surface area contributed by atoms with E-state index in [-0.39, 0.29) is 38.1 Å². The number of rotatable bonds is 15. The predicted molar refractivity (Wildman–Crippen MR) is 118 cm³/mol. The molecule has 10 heteroatoms. The van der Waals surface area contributed by atoms with E-state index in [9.17, 15) is 9.90 Å². The molecule has 0 saturated heterocycles. The van der Waals surface area contributed by atoms with Gasteiger partial charge in [0, 0.05) is 31.6 Å². The van der Waals surface area contributed by atoms with Gasteiger partial charge in [0.15, 0.2) is 6.61 Å². The zero-order valence-electron chi connectivity index (χ0n) is 16.6. The van der Waals surface area contributed by atoms with Crippen LogP contribution in [0.1, 0.15) is 6.42 Å². The van der Waals surface area contributed by atoms with E-state index in [4.69, 9.17) is 19.3 Å². The molecule has 1 atom stereocenters. The highest BCUT2D eigenvalue weighted by molar-refractivity contribution is 7.08. The van der Waals surface area contributed by atoms with Crippen molar-refractivity contribution in [2.45, 2.75) is 12.5 Å². The number of nitrogens with one attached hydrogen (secondary N) is 2. The first-order valence-corrected chi connectivity index (χ1v) is 10.4. The van der Waals surface area contributed by atoms with Crippen LogP contribution < -0.4 is 24.8 Å². The van der Waals surface area contributed by atoms with E-state index in [1.165, 1.54) is 0 Å². The van der Waals surface area contributed by atoms with Gasteiger partial charge < -0.3 is 35.1 Å². The maximum absolute atomic E-state index is 11.5. The molecule has 0 aliphatic heterocycles. The minimum Gasteiger partial charge on any atom is -0.492 e. The Labute approximate surface area is 186 Å². The van der Waals surface area contributed by atoms with Crippen LogP contribution in [0.4, 0.5) is 0 Å². The summed E-state index contributed by atoms with van der Waals surface area (Å²) < 4.78 is 16.5. The minimum absolute atomic E-state index is 0. The first-order valence-electron chi connectivity index (χ1n) is 9.44. The lowest BCUT2D eigenvalue weighted by molar-refractivity contribution is -0.123. The van der Waals surface area contributed by atoms with Gasteiger partial charge in [0.1, 0.15) is 36.6 Å². The van der Waals surface area contributed by atoms with Gasteiger partial charge in [-0.1, -0.05) is 0 Å². The largest absolute Gasteiger partial charge is 0.492 e. The highest BCUT2D eigenvalue weighted by Gasteiger charge is 2.05. The predicted octanol–water partition coefficient (Wildman–Crippen LogP) is 1.46. The van der Waals surface area contributed by atoms with Crippen LogP contribution in [-0.4, -0.2) is 68.3 Å². The van der Waals surface area contributed by atoms with Crippen LogP contribution >= 0.6 is 23.7 Å². The third-order valence-corrected chi connectivity index (χ3v) is 4.38. The van der Waals surface area contributed by atoms with Crippen molar-refractivity contribution in [2.75, 3.05) is 46.1 Å². The molecule has 1 unspecified atom stereocenters. The smallest absolute Gasteiger partial charge is 0.257 e. The van der Waals surface area contributed by atoms with Crippen molar-refractivity contribution in [3.8, 4) is 17.2 Å². The van der Waals surface area contributed by atoms with Gasteiger partial charge in [-0.05, 0) is 42.1 Å². The summed E-state index contributed by atoms with van der Waals surface area (Å²) in [6, 6.07) is 8.86. The Bertz CT molecular complexity index is 687. The molecule has 0 spiro atoms. The van der Waals surface area contributed by atoms with Crippen molar-refractivity contribution < 1.29 is 29.2 Å². The summed E-state index contributed by atoms with van der Waals surface area (Å²) in [4.78, 5) is 11.5. The lowest BCUT2D eigenvalue weighted by Gasteiger charge is -2.13. The fourth-order valence-electron chi connectivity index (χ4n) is 2.23. The summed E-state index contributed by atoms with van der Waals surface area (Å²) in [7, 11) is 0. The monoisotopic (exact) mass is 460 g/mol. The van der Waals surface area contributed by atoms with Gasteiger partial charge in [-0.2, -0.15) is 0 Å². The molecular formula is C20H29ClN2O6S. The van der Waals surface area contributed by atoms with E-state index in [0.29, 0.717) is 44.2 Å². The summed E-state index contributed by atoms with van der Waals surface area (Å²) in [5.74, 6) is 1.80. The molecule has 1 aromatic carbocycles. The van der Waals surface area contributed by atoms with Crippen LogP contribution in [0.2, 0.25) is 0 Å². The van der Waals surface area contributed by atoms with Gasteiger partial charge >= 0.3 is 0 Å². The number of halogens is 1. The molecule has 0 radical (unpaired) electrons. The number of benzene rings is 1. The summed E-state index contributed by atoms with van der Waals surface area (Å²) in [6.45, 7) is 2.09. The average Bonchev–Trinajstić information content (AvgIpc) is 3.25. The number of aliphatic hydroxyl groups is 2. The van der Waals surface area contributed by atoms with Crippen molar-refractivity contribution in [3.63, 3.8) is 0 Å². The molecule has 4 N–H and O–H groups in total. The van der Waals surface area contributed by atoms with Crippen LogP contribution in [-0.2, 0) is 4.79 Å². The number of thiophene rings is 1. The zero-order chi connectivity index (χ0) is 20.7. The standard InChI is InChI=1S/C20H28N2O6S.ClH/c23-9-1-7-22-20(25)14-28-18-4-2-17(3-5-18)26-10-8-21-12-16(24)13-27-19-6-11-29-15-19;/h2-6,11,15-16,21,23-24H,1,7-10,12-14H2,(H,22,25);1H. The first-order chi connectivity index (χ1) is 14.2. The van der Waals surface area contributed by atoms with Gasteiger partial charge in [-0.3, -0.25) is 4.79 Å². The van der Waals surface area contributed by atoms with Gasteiger partial charge in [-0.15, -0.1) is 23.7 Å². The molecule has 30 heavy (non-hydrogen) atoms. The fraction of sp³-hybridized carbons (Fsp3) is 0.450. The Balaban J connectivity index is 0.00000450. The second kappa shape index (κ2) is 15.8. The maximum atomic E-state index is 11.5. The van der Waals surface area contributed by atoms with Crippen LogP contribution in [0.25, 0.3) is 0 Å². The Morgan fingerprint density at radius 2 is 1.77 bits per heavy atom. The number of ether oxygens (including phenoxy) is 3. The molecule has 0 aliphatic carbocycles. The number of hydrogen-bond acceptors (Lipinski definition) is 8. The van der Waals surface area contributed by atoms with E-state index in [2.05, 4.69) is 10.6 Å². The van der Waals surface area contributed by atoms with Gasteiger partial charge in [0.25, 0.3) is 5.91 Å². The van der Waals surface area contributed by atoms with Crippen molar-refractivity contribution in [2.24, 2.45) is 0 Å². The quantitative estimate of drug-likeness (QED) is 0.298. The zero-order valence-corrected chi connectivity index (χ0v) is 18.3. The number of carbonyl (C=O) groups is 1. The third kappa shape index (κ3) is 11.2. The molecule has 1 heterocycles.